The number of aromatic nitrogens is 4. The van der Waals surface area contributed by atoms with Crippen LogP contribution in [0.4, 0.5) is 0 Å². The van der Waals surface area contributed by atoms with Crippen LogP contribution < -0.4 is 9.30 Å². The van der Waals surface area contributed by atoms with E-state index in [1.54, 1.807) is 6.07 Å². The first-order valence-corrected chi connectivity index (χ1v) is 28.8. The van der Waals surface area contributed by atoms with Gasteiger partial charge in [-0.2, -0.15) is 18.2 Å². The third-order valence-electron chi connectivity index (χ3n) is 16.6. The summed E-state index contributed by atoms with van der Waals surface area (Å²) >= 11 is 0. The van der Waals surface area contributed by atoms with Gasteiger partial charge in [-0.1, -0.05) is 219 Å². The van der Waals surface area contributed by atoms with Crippen molar-refractivity contribution in [3.05, 3.63) is 259 Å². The summed E-state index contributed by atoms with van der Waals surface area (Å²) in [5, 5.41) is 1.99. The summed E-state index contributed by atoms with van der Waals surface area (Å²) in [5.74, 6) is 1.47. The van der Waals surface area contributed by atoms with Gasteiger partial charge in [0.1, 0.15) is 5.82 Å². The number of ether oxygens (including phenoxy) is 1. The van der Waals surface area contributed by atoms with Gasteiger partial charge in [-0.3, -0.25) is 4.57 Å². The second-order valence-electron chi connectivity index (χ2n) is 25.3. The Bertz CT molecular complexity index is 5300. The number of para-hydroxylation sites is 2. The number of rotatable bonds is 7. The largest absolute Gasteiger partial charge is 0.510 e. The molecular formula is C80H68N4OPt-2. The molecule has 6 heteroatoms. The molecule has 426 valence electrons. The van der Waals surface area contributed by atoms with Gasteiger partial charge >= 0.3 is 0 Å². The number of nitrogens with zero attached hydrogens (tertiary/aromatic N) is 4. The molecule has 5 nitrogen and oxygen atoms in total. The Morgan fingerprint density at radius 3 is 1.84 bits per heavy atom. The van der Waals surface area contributed by atoms with Crippen molar-refractivity contribution in [3.63, 3.8) is 0 Å². The summed E-state index contributed by atoms with van der Waals surface area (Å²) in [6, 6.07) is 61.1. The Kier molecular flexibility index (Phi) is 11.0. The molecule has 3 aromatic heterocycles. The van der Waals surface area contributed by atoms with Gasteiger partial charge in [0.05, 0.1) is 23.6 Å². The molecule has 0 bridgehead atoms. The van der Waals surface area contributed by atoms with Gasteiger partial charge in [0.25, 0.3) is 6.33 Å². The molecule has 0 saturated carbocycles. The quantitative estimate of drug-likeness (QED) is 0.118. The van der Waals surface area contributed by atoms with Gasteiger partial charge in [-0.25, -0.2) is 4.98 Å². The van der Waals surface area contributed by atoms with Crippen molar-refractivity contribution >= 4 is 32.8 Å². The summed E-state index contributed by atoms with van der Waals surface area (Å²) in [7, 11) is 0. The summed E-state index contributed by atoms with van der Waals surface area (Å²) in [5.41, 5.74) is 12.3. The van der Waals surface area contributed by atoms with E-state index in [0.29, 0.717) is 78.4 Å². The zero-order chi connectivity index (χ0) is 68.0. The third kappa shape index (κ3) is 9.71. The molecule has 0 aliphatic carbocycles. The molecule has 0 radical (unpaired) electrons. The molecule has 0 atom stereocenters. The van der Waals surface area contributed by atoms with Gasteiger partial charge < -0.3 is 13.9 Å². The Labute approximate surface area is 536 Å². The van der Waals surface area contributed by atoms with E-state index in [2.05, 4.69) is 128 Å². The van der Waals surface area contributed by atoms with Gasteiger partial charge in [-0.15, -0.1) is 29.7 Å². The molecule has 0 spiro atoms. The van der Waals surface area contributed by atoms with Crippen molar-refractivity contribution < 1.29 is 45.4 Å². The zero-order valence-electron chi connectivity index (χ0n) is 60.3. The predicted octanol–water partition coefficient (Wildman–Crippen LogP) is 20.4. The van der Waals surface area contributed by atoms with Crippen LogP contribution in [0.3, 0.4) is 0 Å². The first kappa shape index (κ1) is 44.6. The van der Waals surface area contributed by atoms with Crippen LogP contribution in [0.5, 0.6) is 11.5 Å². The molecule has 1 aliphatic rings. The molecule has 0 N–H and O–H groups in total. The zero-order valence-corrected chi connectivity index (χ0v) is 51.6. The maximum atomic E-state index is 9.56. The molecule has 14 rings (SSSR count). The minimum absolute atomic E-state index is 0. The Morgan fingerprint density at radius 2 is 1.12 bits per heavy atom. The van der Waals surface area contributed by atoms with Gasteiger partial charge in [0, 0.05) is 52.5 Å². The van der Waals surface area contributed by atoms with Crippen LogP contribution >= 0.6 is 0 Å². The van der Waals surface area contributed by atoms with E-state index < -0.39 is 31.8 Å². The molecule has 1 aliphatic heterocycles. The smallest absolute Gasteiger partial charge is 0.268 e. The second-order valence-corrected chi connectivity index (χ2v) is 25.3. The van der Waals surface area contributed by atoms with Crippen LogP contribution in [0.15, 0.2) is 212 Å². The van der Waals surface area contributed by atoms with Crippen molar-refractivity contribution in [2.24, 2.45) is 0 Å². The molecule has 10 aromatic carbocycles. The molecule has 86 heavy (non-hydrogen) atoms. The van der Waals surface area contributed by atoms with E-state index in [-0.39, 0.29) is 71.6 Å². The van der Waals surface area contributed by atoms with Crippen LogP contribution in [0, 0.1) is 32.2 Å². The van der Waals surface area contributed by atoms with Crippen LogP contribution in [0.1, 0.15) is 105 Å². The number of hydrogen-bond donors (Lipinski definition) is 0. The summed E-state index contributed by atoms with van der Waals surface area (Å²) in [6.45, 7) is 14.1. The van der Waals surface area contributed by atoms with Gasteiger partial charge in [0.2, 0.25) is 0 Å². The van der Waals surface area contributed by atoms with Crippen LogP contribution in [0.2, 0.25) is 0 Å². The van der Waals surface area contributed by atoms with Crippen LogP contribution in [-0.2, 0) is 37.3 Å². The Balaban J connectivity index is 0.00000849. The first-order valence-electron chi connectivity index (χ1n) is 34.3. The normalized spacial score (nSPS) is 14.4. The number of hydrogen-bond acceptors (Lipinski definition) is 2. The molecule has 0 amide bonds. The van der Waals surface area contributed by atoms with Gasteiger partial charge in [-0.05, 0) is 160 Å². The van der Waals surface area contributed by atoms with Crippen LogP contribution in [-0.4, -0.2) is 14.1 Å². The average molecular weight is 1310 g/mol. The van der Waals surface area contributed by atoms with Crippen molar-refractivity contribution in [1.29, 1.82) is 0 Å². The number of pyridine rings is 1. The van der Waals surface area contributed by atoms with Crippen molar-refractivity contribution in [3.8, 4) is 95.5 Å². The van der Waals surface area contributed by atoms with Gasteiger partial charge in [0.15, 0.2) is 0 Å². The average Bonchev–Trinajstić information content (AvgIpc) is 1.60. The van der Waals surface area contributed by atoms with E-state index >= 15 is 0 Å². The Morgan fingerprint density at radius 1 is 0.488 bits per heavy atom. The maximum absolute atomic E-state index is 9.56. The van der Waals surface area contributed by atoms with E-state index in [0.717, 1.165) is 55.4 Å². The van der Waals surface area contributed by atoms with E-state index in [1.165, 1.54) is 18.2 Å². The standard InChI is InChI=1S/C80H68N4O.Pt/c1-50-23-19-24-51(2)74(50)54-43-69-64-30-16-15-29-63(64)67-34-21-32-61(52-25-13-12-14-26-52)75(67)68-35-22-33-62(53-41-56(79(6,7)8)45-57(42-53)80(9,10)11)76(68)83-49-82(72(44-54)77(69)83)58-27-20-28-59(47-58)85-60-37-38-66-65-31-17-18-36-70(65)84(71(66)48-60)73-46-55(39-40-81-73)78(3,4)5;/h12-46H,1-11H3;/q-2;/i1D3,2D3,12D,13D,14D,25D,26D;. The van der Waals surface area contributed by atoms with E-state index in [4.69, 9.17) is 22.1 Å². The SMILES string of the molecule is [2H]c1c([2H])c([2H])c(-c2cccc3c2-c2cccc(-c4cc(C(C)(C)C)cc(C(C)(C)C)c4)c2-[n+]2[c-]n(-c4[c-]c(Oc5[c-]c6c(cc5)c5ccccc5n6-c5cc(C(C)(C)C)ccn5)ccc4)c4cc(-c5c(C([2H])([2H])[2H])cccc5C([2H])([2H])[2H])cc(c42)-c2ccccc2-3)c([2H])c1[2H].[Pt]. The monoisotopic (exact) mass is 1310 g/mol. The first-order chi connectivity index (χ1) is 45.4. The molecular weight excluding hydrogens is 1230 g/mol. The van der Waals surface area contributed by atoms with Crippen molar-refractivity contribution in [2.45, 2.75) is 92.3 Å². The Hall–Kier alpha value is -8.89. The van der Waals surface area contributed by atoms with Crippen molar-refractivity contribution in [1.82, 2.24) is 14.1 Å². The predicted molar refractivity (Wildman–Crippen MR) is 352 cm³/mol. The second kappa shape index (κ2) is 21.3. The molecule has 0 unspecified atom stereocenters. The minimum Gasteiger partial charge on any atom is -0.510 e. The molecule has 4 heterocycles. The molecule has 0 fully saturated rings. The number of benzene rings is 10. The topological polar surface area (TPSA) is 35.9 Å². The third-order valence-corrected chi connectivity index (χ3v) is 16.6. The van der Waals surface area contributed by atoms with Crippen molar-refractivity contribution in [2.75, 3.05) is 0 Å². The number of aryl methyl sites for hydroxylation is 2. The van der Waals surface area contributed by atoms with E-state index in [9.17, 15) is 2.74 Å². The number of fused-ring (bicyclic) bond motifs is 10. The maximum Gasteiger partial charge on any atom is 0.268 e. The molecule has 0 saturated heterocycles. The summed E-state index contributed by atoms with van der Waals surface area (Å²) < 4.78 is 113. The number of imidazole rings is 1. The molecule has 13 aromatic rings. The van der Waals surface area contributed by atoms with E-state index in [1.807, 2.05) is 125 Å². The fraction of sp³-hybridized carbons (Fsp3) is 0.175. The van der Waals surface area contributed by atoms with Crippen LogP contribution in [0.25, 0.3) is 117 Å². The minimum atomic E-state index is -2.76. The summed E-state index contributed by atoms with van der Waals surface area (Å²) in [6.07, 6.45) is 5.69. The fourth-order valence-electron chi connectivity index (χ4n) is 12.2. The summed E-state index contributed by atoms with van der Waals surface area (Å²) in [4.78, 5) is 4.89. The fourth-order valence-corrected chi connectivity index (χ4v) is 12.2.